The van der Waals surface area contributed by atoms with E-state index >= 15 is 0 Å². The summed E-state index contributed by atoms with van der Waals surface area (Å²) in [6, 6.07) is 1.98. The highest BCUT2D eigenvalue weighted by Gasteiger charge is 2.20. The van der Waals surface area contributed by atoms with E-state index in [-0.39, 0.29) is 22.4 Å². The molecule has 1 N–H and O–H groups in total. The molecule has 0 aromatic carbocycles. The zero-order valence-electron chi connectivity index (χ0n) is 11.7. The number of ether oxygens (including phenoxy) is 1. The van der Waals surface area contributed by atoms with Gasteiger partial charge in [0.15, 0.2) is 0 Å². The first-order chi connectivity index (χ1) is 10.3. The third-order valence-corrected chi connectivity index (χ3v) is 3.08. The summed E-state index contributed by atoms with van der Waals surface area (Å²) >= 11 is 0. The molecule has 6 nitrogen and oxygen atoms in total. The van der Waals surface area contributed by atoms with E-state index in [1.807, 2.05) is 0 Å². The van der Waals surface area contributed by atoms with Gasteiger partial charge in [0.2, 0.25) is 0 Å². The Morgan fingerprint density at radius 2 is 2.05 bits per heavy atom. The number of nitrogens with zero attached hydrogens (tertiary/aromatic N) is 2. The third kappa shape index (κ3) is 2.80. The normalized spacial score (nSPS) is 10.8. The minimum Gasteiger partial charge on any atom is -0.494 e. The standard InChI is InChI=1S/C14H12F2N2O4/c1-18-6-9(8(14(20)21)4-12(18)19)7-3-10(13(15)16)17-5-11(7)22-2/h3-6,13H,1-2H3,(H,20,21). The number of hydrogen-bond acceptors (Lipinski definition) is 4. The Balaban J connectivity index is 2.80. The second-order valence-electron chi connectivity index (χ2n) is 4.47. The topological polar surface area (TPSA) is 81.4 Å². The average Bonchev–Trinajstić information content (AvgIpc) is 2.48. The van der Waals surface area contributed by atoms with Gasteiger partial charge in [-0.05, 0) is 6.07 Å². The van der Waals surface area contributed by atoms with E-state index in [1.165, 1.54) is 20.4 Å². The van der Waals surface area contributed by atoms with Crippen LogP contribution in [0.15, 0.2) is 29.3 Å². The molecule has 2 heterocycles. The van der Waals surface area contributed by atoms with E-state index < -0.39 is 23.6 Å². The van der Waals surface area contributed by atoms with Crippen molar-refractivity contribution >= 4 is 5.97 Å². The maximum absolute atomic E-state index is 12.8. The number of pyridine rings is 2. The van der Waals surface area contributed by atoms with Crippen molar-refractivity contribution in [3.8, 4) is 16.9 Å². The fraction of sp³-hybridized carbons (Fsp3) is 0.214. The number of carboxylic acids is 1. The summed E-state index contributed by atoms with van der Waals surface area (Å²) in [7, 11) is 2.74. The van der Waals surface area contributed by atoms with Crippen molar-refractivity contribution in [1.29, 1.82) is 0 Å². The number of hydrogen-bond donors (Lipinski definition) is 1. The van der Waals surface area contributed by atoms with Gasteiger partial charge >= 0.3 is 5.97 Å². The van der Waals surface area contributed by atoms with Crippen molar-refractivity contribution in [1.82, 2.24) is 9.55 Å². The highest BCUT2D eigenvalue weighted by molar-refractivity contribution is 5.96. The van der Waals surface area contributed by atoms with Crippen LogP contribution in [0.1, 0.15) is 22.5 Å². The van der Waals surface area contributed by atoms with Crippen LogP contribution in [0.25, 0.3) is 11.1 Å². The Labute approximate surface area is 123 Å². The Morgan fingerprint density at radius 1 is 1.36 bits per heavy atom. The number of halogens is 2. The lowest BCUT2D eigenvalue weighted by atomic mass is 10.0. The van der Waals surface area contributed by atoms with E-state index in [1.54, 1.807) is 0 Å². The molecule has 0 unspecified atom stereocenters. The predicted molar refractivity (Wildman–Crippen MR) is 73.4 cm³/mol. The minimum absolute atomic E-state index is 0.0933. The lowest BCUT2D eigenvalue weighted by Crippen LogP contribution is -2.18. The molecular formula is C14H12F2N2O4. The number of aromatic carboxylic acids is 1. The molecule has 0 amide bonds. The van der Waals surface area contributed by atoms with Gasteiger partial charge in [0.25, 0.3) is 12.0 Å². The van der Waals surface area contributed by atoms with Crippen molar-refractivity contribution in [2.45, 2.75) is 6.43 Å². The van der Waals surface area contributed by atoms with E-state index in [9.17, 15) is 23.5 Å². The summed E-state index contributed by atoms with van der Waals surface area (Å²) in [5.41, 5.74) is -1.12. The highest BCUT2D eigenvalue weighted by Crippen LogP contribution is 2.33. The molecule has 0 radical (unpaired) electrons. The summed E-state index contributed by atoms with van der Waals surface area (Å²) in [5, 5.41) is 9.23. The van der Waals surface area contributed by atoms with Crippen LogP contribution >= 0.6 is 0 Å². The molecule has 0 spiro atoms. The smallest absolute Gasteiger partial charge is 0.336 e. The molecule has 0 atom stereocenters. The van der Waals surface area contributed by atoms with Crippen molar-refractivity contribution in [2.75, 3.05) is 7.11 Å². The van der Waals surface area contributed by atoms with Crippen molar-refractivity contribution in [3.63, 3.8) is 0 Å². The molecule has 8 heteroatoms. The summed E-state index contributed by atoms with van der Waals surface area (Å²) in [6.07, 6.45) is -0.461. The van der Waals surface area contributed by atoms with Gasteiger partial charge in [-0.1, -0.05) is 0 Å². The first-order valence-corrected chi connectivity index (χ1v) is 6.11. The molecule has 2 aromatic heterocycles. The van der Waals surface area contributed by atoms with Crippen LogP contribution in [0, 0.1) is 0 Å². The Kier molecular flexibility index (Phi) is 4.20. The van der Waals surface area contributed by atoms with Crippen LogP contribution in [-0.4, -0.2) is 27.7 Å². The molecule has 116 valence electrons. The zero-order chi connectivity index (χ0) is 16.4. The zero-order valence-corrected chi connectivity index (χ0v) is 11.7. The number of alkyl halides is 2. The molecule has 22 heavy (non-hydrogen) atoms. The summed E-state index contributed by atoms with van der Waals surface area (Å²) < 4.78 is 31.9. The molecule has 0 bridgehead atoms. The van der Waals surface area contributed by atoms with Crippen molar-refractivity contribution < 1.29 is 23.4 Å². The van der Waals surface area contributed by atoms with E-state index in [4.69, 9.17) is 4.74 Å². The second kappa shape index (κ2) is 5.92. The Morgan fingerprint density at radius 3 is 2.59 bits per heavy atom. The minimum atomic E-state index is -2.81. The lowest BCUT2D eigenvalue weighted by Gasteiger charge is -2.13. The monoisotopic (exact) mass is 310 g/mol. The van der Waals surface area contributed by atoms with Crippen LogP contribution in [0.2, 0.25) is 0 Å². The number of aryl methyl sites for hydroxylation is 1. The van der Waals surface area contributed by atoms with Crippen molar-refractivity contribution in [3.05, 3.63) is 46.1 Å². The van der Waals surface area contributed by atoms with Crippen LogP contribution in [0.5, 0.6) is 5.75 Å². The lowest BCUT2D eigenvalue weighted by molar-refractivity contribution is 0.0697. The molecule has 0 fully saturated rings. The quantitative estimate of drug-likeness (QED) is 0.935. The third-order valence-electron chi connectivity index (χ3n) is 3.08. The Bertz CT molecular complexity index is 787. The predicted octanol–water partition coefficient (Wildman–Crippen LogP) is 2.09. The number of carbonyl (C=O) groups is 1. The van der Waals surface area contributed by atoms with Gasteiger partial charge in [0.1, 0.15) is 11.4 Å². The van der Waals surface area contributed by atoms with Gasteiger partial charge in [-0.3, -0.25) is 9.78 Å². The van der Waals surface area contributed by atoms with Gasteiger partial charge in [-0.2, -0.15) is 0 Å². The molecule has 2 aromatic rings. The average molecular weight is 310 g/mol. The number of aromatic nitrogens is 2. The molecule has 0 saturated heterocycles. The molecule has 2 rings (SSSR count). The first kappa shape index (κ1) is 15.6. The largest absolute Gasteiger partial charge is 0.494 e. The van der Waals surface area contributed by atoms with Crippen molar-refractivity contribution in [2.24, 2.45) is 7.05 Å². The second-order valence-corrected chi connectivity index (χ2v) is 4.47. The number of rotatable bonds is 4. The van der Waals surface area contributed by atoms with Gasteiger partial charge in [0, 0.05) is 30.4 Å². The van der Waals surface area contributed by atoms with Gasteiger partial charge in [-0.25, -0.2) is 13.6 Å². The van der Waals surface area contributed by atoms with E-state index in [0.717, 1.165) is 22.9 Å². The van der Waals surface area contributed by atoms with Gasteiger partial charge in [0.05, 0.1) is 18.9 Å². The molecule has 0 aliphatic rings. The highest BCUT2D eigenvalue weighted by atomic mass is 19.3. The van der Waals surface area contributed by atoms with Gasteiger partial charge in [-0.15, -0.1) is 0 Å². The fourth-order valence-corrected chi connectivity index (χ4v) is 1.97. The number of methoxy groups -OCH3 is 1. The summed E-state index contributed by atoms with van der Waals surface area (Å²) in [5.74, 6) is -1.21. The molecular weight excluding hydrogens is 298 g/mol. The maximum atomic E-state index is 12.8. The summed E-state index contributed by atoms with van der Waals surface area (Å²) in [6.45, 7) is 0. The van der Waals surface area contributed by atoms with Crippen LogP contribution in [0.3, 0.4) is 0 Å². The van der Waals surface area contributed by atoms with Crippen LogP contribution < -0.4 is 10.3 Å². The fourth-order valence-electron chi connectivity index (χ4n) is 1.97. The molecule has 0 aliphatic carbocycles. The van der Waals surface area contributed by atoms with E-state index in [2.05, 4.69) is 4.98 Å². The maximum Gasteiger partial charge on any atom is 0.336 e. The van der Waals surface area contributed by atoms with E-state index in [0.29, 0.717) is 0 Å². The van der Waals surface area contributed by atoms with Crippen LogP contribution in [-0.2, 0) is 7.05 Å². The summed E-state index contributed by atoms with van der Waals surface area (Å²) in [4.78, 5) is 26.5. The first-order valence-electron chi connectivity index (χ1n) is 6.11. The van der Waals surface area contributed by atoms with Gasteiger partial charge < -0.3 is 14.4 Å². The molecule has 0 saturated carbocycles. The van der Waals surface area contributed by atoms with Crippen LogP contribution in [0.4, 0.5) is 8.78 Å². The number of carboxylic acid groups (broad SMARTS) is 1. The SMILES string of the molecule is COc1cnc(C(F)F)cc1-c1cn(C)c(=O)cc1C(=O)O. The molecule has 0 aliphatic heterocycles. The Hall–Kier alpha value is -2.77.